The molecule has 1 saturated heterocycles. The summed E-state index contributed by atoms with van der Waals surface area (Å²) in [4.78, 5) is 37.5. The molecule has 0 aliphatic carbocycles. The lowest BCUT2D eigenvalue weighted by molar-refractivity contribution is -0.114. The molecule has 27 heavy (non-hydrogen) atoms. The Labute approximate surface area is 157 Å². The van der Waals surface area contributed by atoms with E-state index < -0.39 is 5.91 Å². The van der Waals surface area contributed by atoms with Gasteiger partial charge in [-0.25, -0.2) is 0 Å². The standard InChI is InChI=1S/C20H22N4O3/c1-13(25)22-16-7-4-14(5-8-16)20(27)23-17-12-15(19(21)26)6-9-18(17)24-10-2-3-11-24/h4-9,12H,2-3,10-11H2,1H3,(H2,21,26)(H,22,25)(H,23,27). The van der Waals surface area contributed by atoms with Crippen LogP contribution < -0.4 is 21.3 Å². The van der Waals surface area contributed by atoms with Gasteiger partial charge in [0.25, 0.3) is 5.91 Å². The fourth-order valence-electron chi connectivity index (χ4n) is 3.13. The van der Waals surface area contributed by atoms with Crippen molar-refractivity contribution in [1.29, 1.82) is 0 Å². The summed E-state index contributed by atoms with van der Waals surface area (Å²) in [5.74, 6) is -1.02. The van der Waals surface area contributed by atoms with Crippen LogP contribution in [0.25, 0.3) is 0 Å². The average molecular weight is 366 g/mol. The summed E-state index contributed by atoms with van der Waals surface area (Å²) in [6.07, 6.45) is 2.19. The van der Waals surface area contributed by atoms with Gasteiger partial charge >= 0.3 is 0 Å². The van der Waals surface area contributed by atoms with Crippen molar-refractivity contribution in [3.05, 3.63) is 53.6 Å². The number of nitrogens with one attached hydrogen (secondary N) is 2. The van der Waals surface area contributed by atoms with Gasteiger partial charge in [-0.2, -0.15) is 0 Å². The maximum atomic E-state index is 12.7. The van der Waals surface area contributed by atoms with Crippen molar-refractivity contribution in [3.63, 3.8) is 0 Å². The van der Waals surface area contributed by atoms with Gasteiger partial charge in [0.2, 0.25) is 11.8 Å². The van der Waals surface area contributed by atoms with Gasteiger partial charge in [-0.1, -0.05) is 0 Å². The van der Waals surface area contributed by atoms with E-state index in [2.05, 4.69) is 15.5 Å². The Hall–Kier alpha value is -3.35. The average Bonchev–Trinajstić information content (AvgIpc) is 3.16. The largest absolute Gasteiger partial charge is 0.370 e. The number of carbonyl (C=O) groups is 3. The summed E-state index contributed by atoms with van der Waals surface area (Å²) < 4.78 is 0. The van der Waals surface area contributed by atoms with Crippen LogP contribution in [0.5, 0.6) is 0 Å². The molecule has 1 aliphatic heterocycles. The molecule has 0 radical (unpaired) electrons. The van der Waals surface area contributed by atoms with Crippen LogP contribution >= 0.6 is 0 Å². The Morgan fingerprint density at radius 3 is 2.15 bits per heavy atom. The molecule has 1 aliphatic rings. The molecule has 4 N–H and O–H groups in total. The summed E-state index contributed by atoms with van der Waals surface area (Å²) in [7, 11) is 0. The Morgan fingerprint density at radius 2 is 1.56 bits per heavy atom. The van der Waals surface area contributed by atoms with Crippen LogP contribution in [0.2, 0.25) is 0 Å². The predicted octanol–water partition coefficient (Wildman–Crippen LogP) is 2.60. The molecule has 1 fully saturated rings. The number of anilines is 3. The molecular weight excluding hydrogens is 344 g/mol. The third-order valence-corrected chi connectivity index (χ3v) is 4.44. The molecule has 0 bridgehead atoms. The van der Waals surface area contributed by atoms with Crippen LogP contribution in [-0.2, 0) is 4.79 Å². The van der Waals surface area contributed by atoms with Crippen LogP contribution in [0.15, 0.2) is 42.5 Å². The van der Waals surface area contributed by atoms with Crippen molar-refractivity contribution in [2.24, 2.45) is 5.73 Å². The first-order valence-electron chi connectivity index (χ1n) is 8.82. The van der Waals surface area contributed by atoms with Gasteiger partial charge in [0.15, 0.2) is 0 Å². The quantitative estimate of drug-likeness (QED) is 0.756. The molecule has 3 amide bonds. The summed E-state index contributed by atoms with van der Waals surface area (Å²) in [6.45, 7) is 3.24. The van der Waals surface area contributed by atoms with E-state index in [1.165, 1.54) is 6.92 Å². The number of hydrogen-bond acceptors (Lipinski definition) is 4. The zero-order valence-electron chi connectivity index (χ0n) is 15.1. The van der Waals surface area contributed by atoms with E-state index in [1.54, 1.807) is 36.4 Å². The molecule has 0 spiro atoms. The van der Waals surface area contributed by atoms with Crippen LogP contribution in [0.4, 0.5) is 17.1 Å². The van der Waals surface area contributed by atoms with Crippen LogP contribution in [0.1, 0.15) is 40.5 Å². The smallest absolute Gasteiger partial charge is 0.255 e. The van der Waals surface area contributed by atoms with E-state index in [9.17, 15) is 14.4 Å². The molecular formula is C20H22N4O3. The Morgan fingerprint density at radius 1 is 0.926 bits per heavy atom. The second-order valence-electron chi connectivity index (χ2n) is 6.50. The Balaban J connectivity index is 1.84. The maximum Gasteiger partial charge on any atom is 0.255 e. The zero-order valence-corrected chi connectivity index (χ0v) is 15.1. The third kappa shape index (κ3) is 4.44. The Bertz CT molecular complexity index is 871. The highest BCUT2D eigenvalue weighted by molar-refractivity contribution is 6.07. The minimum Gasteiger partial charge on any atom is -0.370 e. The molecule has 7 heteroatoms. The monoisotopic (exact) mass is 366 g/mol. The predicted molar refractivity (Wildman–Crippen MR) is 105 cm³/mol. The van der Waals surface area contributed by atoms with E-state index in [-0.39, 0.29) is 11.8 Å². The minimum absolute atomic E-state index is 0.175. The molecule has 140 valence electrons. The lowest BCUT2D eigenvalue weighted by atomic mass is 10.1. The van der Waals surface area contributed by atoms with E-state index in [4.69, 9.17) is 5.73 Å². The molecule has 2 aromatic rings. The number of carbonyl (C=O) groups excluding carboxylic acids is 3. The summed E-state index contributed by atoms with van der Waals surface area (Å²) in [6, 6.07) is 11.7. The first kappa shape index (κ1) is 18.4. The van der Waals surface area contributed by atoms with E-state index >= 15 is 0 Å². The van der Waals surface area contributed by atoms with Crippen LogP contribution in [-0.4, -0.2) is 30.8 Å². The summed E-state index contributed by atoms with van der Waals surface area (Å²) >= 11 is 0. The van der Waals surface area contributed by atoms with Crippen LogP contribution in [0, 0.1) is 0 Å². The lowest BCUT2D eigenvalue weighted by Gasteiger charge is -2.22. The third-order valence-electron chi connectivity index (χ3n) is 4.44. The first-order valence-corrected chi connectivity index (χ1v) is 8.82. The number of rotatable bonds is 5. The van der Waals surface area contributed by atoms with E-state index in [1.807, 2.05) is 6.07 Å². The number of primary amides is 1. The topological polar surface area (TPSA) is 105 Å². The second-order valence-corrected chi connectivity index (χ2v) is 6.50. The molecule has 3 rings (SSSR count). The lowest BCUT2D eigenvalue weighted by Crippen LogP contribution is -2.22. The van der Waals surface area contributed by atoms with Crippen molar-refractivity contribution < 1.29 is 14.4 Å². The fourth-order valence-corrected chi connectivity index (χ4v) is 3.13. The molecule has 0 atom stereocenters. The van der Waals surface area contributed by atoms with Crippen molar-refractivity contribution in [3.8, 4) is 0 Å². The minimum atomic E-state index is -0.543. The molecule has 2 aromatic carbocycles. The van der Waals surface area contributed by atoms with E-state index in [0.717, 1.165) is 31.6 Å². The molecule has 1 heterocycles. The normalized spacial score (nSPS) is 13.3. The van der Waals surface area contributed by atoms with Gasteiger partial charge in [0.1, 0.15) is 0 Å². The fraction of sp³-hybridized carbons (Fsp3) is 0.250. The molecule has 0 unspecified atom stereocenters. The summed E-state index contributed by atoms with van der Waals surface area (Å²) in [5, 5.41) is 5.54. The highest BCUT2D eigenvalue weighted by atomic mass is 16.2. The van der Waals surface area contributed by atoms with Crippen LogP contribution in [0.3, 0.4) is 0 Å². The maximum absolute atomic E-state index is 12.7. The van der Waals surface area contributed by atoms with Gasteiger partial charge in [0.05, 0.1) is 11.4 Å². The SMILES string of the molecule is CC(=O)Nc1ccc(C(=O)Nc2cc(C(N)=O)ccc2N2CCCC2)cc1. The van der Waals surface area contributed by atoms with Gasteiger partial charge < -0.3 is 21.3 Å². The van der Waals surface area contributed by atoms with Crippen molar-refractivity contribution in [2.75, 3.05) is 28.6 Å². The number of benzene rings is 2. The summed E-state index contributed by atoms with van der Waals surface area (Å²) in [5.41, 5.74) is 8.23. The number of nitrogens with two attached hydrogens (primary N) is 1. The molecule has 0 saturated carbocycles. The highest BCUT2D eigenvalue weighted by Crippen LogP contribution is 2.30. The first-order chi connectivity index (χ1) is 12.9. The zero-order chi connectivity index (χ0) is 19.4. The van der Waals surface area contributed by atoms with Gasteiger partial charge in [-0.05, 0) is 55.3 Å². The Kier molecular flexibility index (Phi) is 5.40. The second kappa shape index (κ2) is 7.90. The molecule has 0 aromatic heterocycles. The van der Waals surface area contributed by atoms with Gasteiger partial charge in [-0.15, -0.1) is 0 Å². The van der Waals surface area contributed by atoms with Crippen molar-refractivity contribution in [2.45, 2.75) is 19.8 Å². The molecule has 7 nitrogen and oxygen atoms in total. The van der Waals surface area contributed by atoms with Crippen molar-refractivity contribution in [1.82, 2.24) is 0 Å². The van der Waals surface area contributed by atoms with Gasteiger partial charge in [0, 0.05) is 36.8 Å². The number of hydrogen-bond donors (Lipinski definition) is 3. The van der Waals surface area contributed by atoms with Gasteiger partial charge in [-0.3, -0.25) is 14.4 Å². The highest BCUT2D eigenvalue weighted by Gasteiger charge is 2.19. The number of nitrogens with zero attached hydrogens (tertiary/aromatic N) is 1. The van der Waals surface area contributed by atoms with E-state index in [0.29, 0.717) is 22.5 Å². The number of amides is 3. The van der Waals surface area contributed by atoms with Crippen molar-refractivity contribution >= 4 is 34.8 Å².